The second kappa shape index (κ2) is 6.36. The summed E-state index contributed by atoms with van der Waals surface area (Å²) in [7, 11) is 0. The highest BCUT2D eigenvalue weighted by Crippen LogP contribution is 2.16. The van der Waals surface area contributed by atoms with Gasteiger partial charge in [-0.3, -0.25) is 13.3 Å². The summed E-state index contributed by atoms with van der Waals surface area (Å²) in [6.07, 6.45) is 0. The highest BCUT2D eigenvalue weighted by atomic mass is 32.2. The molecule has 1 unspecified atom stereocenters. The lowest BCUT2D eigenvalue weighted by molar-refractivity contribution is -0.141. The highest BCUT2D eigenvalue weighted by molar-refractivity contribution is 7.80. The van der Waals surface area contributed by atoms with Crippen molar-refractivity contribution < 1.29 is 18.3 Å². The third-order valence-electron chi connectivity index (χ3n) is 2.08. The topological polar surface area (TPSA) is 69.7 Å². The van der Waals surface area contributed by atoms with E-state index in [2.05, 4.69) is 0 Å². The summed E-state index contributed by atoms with van der Waals surface area (Å²) in [5.74, 6) is -0.572. The Labute approximate surface area is 103 Å². The van der Waals surface area contributed by atoms with Gasteiger partial charge < -0.3 is 9.29 Å². The van der Waals surface area contributed by atoms with Crippen LogP contribution < -0.4 is 4.31 Å². The van der Waals surface area contributed by atoms with Crippen LogP contribution in [0.15, 0.2) is 24.3 Å². The van der Waals surface area contributed by atoms with Crippen LogP contribution in [-0.2, 0) is 20.8 Å². The lowest BCUT2D eigenvalue weighted by Gasteiger charge is -2.25. The van der Waals surface area contributed by atoms with Gasteiger partial charge in [-0.15, -0.1) is 0 Å². The zero-order valence-electron chi connectivity index (χ0n) is 9.71. The van der Waals surface area contributed by atoms with Gasteiger partial charge in [0.05, 0.1) is 6.61 Å². The standard InChI is InChI=1S/C11H15NO4S/c1-3-16-11(13)8-12(17(14)15)10-6-4-9(2)5-7-10/h4-7H,3,8H2,1-2H3,(H,14,15)/p-1. The first kappa shape index (κ1) is 13.7. The number of rotatable bonds is 5. The monoisotopic (exact) mass is 256 g/mol. The minimum Gasteiger partial charge on any atom is -0.755 e. The molecule has 0 aromatic heterocycles. The molecule has 0 radical (unpaired) electrons. The zero-order chi connectivity index (χ0) is 12.8. The summed E-state index contributed by atoms with van der Waals surface area (Å²) in [5.41, 5.74) is 1.46. The molecule has 17 heavy (non-hydrogen) atoms. The summed E-state index contributed by atoms with van der Waals surface area (Å²) in [4.78, 5) is 11.3. The first-order valence-electron chi connectivity index (χ1n) is 5.13. The Morgan fingerprint density at radius 1 is 1.41 bits per heavy atom. The molecule has 0 N–H and O–H groups in total. The average molecular weight is 256 g/mol. The third-order valence-corrected chi connectivity index (χ3v) is 2.78. The van der Waals surface area contributed by atoms with Gasteiger partial charge in [-0.25, -0.2) is 0 Å². The molecule has 0 aliphatic carbocycles. The molecule has 0 aliphatic rings. The first-order chi connectivity index (χ1) is 8.04. The normalized spacial score (nSPS) is 11.9. The fourth-order valence-electron chi connectivity index (χ4n) is 1.26. The van der Waals surface area contributed by atoms with Crippen molar-refractivity contribution >= 4 is 22.9 Å². The van der Waals surface area contributed by atoms with E-state index in [1.54, 1.807) is 31.2 Å². The number of carbonyl (C=O) groups excluding carboxylic acids is 1. The van der Waals surface area contributed by atoms with Crippen molar-refractivity contribution in [2.24, 2.45) is 0 Å². The van der Waals surface area contributed by atoms with Crippen LogP contribution in [0.4, 0.5) is 5.69 Å². The second-order valence-electron chi connectivity index (χ2n) is 3.39. The van der Waals surface area contributed by atoms with Crippen LogP contribution in [0.5, 0.6) is 0 Å². The minimum absolute atomic E-state index is 0.228. The summed E-state index contributed by atoms with van der Waals surface area (Å²) >= 11 is -2.50. The van der Waals surface area contributed by atoms with Crippen molar-refractivity contribution in [3.05, 3.63) is 29.8 Å². The number of esters is 1. The number of benzene rings is 1. The van der Waals surface area contributed by atoms with Crippen LogP contribution in [0, 0.1) is 6.92 Å². The molecule has 0 amide bonds. The van der Waals surface area contributed by atoms with Gasteiger partial charge in [-0.05, 0) is 26.0 Å². The number of hydrogen-bond acceptors (Lipinski definition) is 4. The van der Waals surface area contributed by atoms with E-state index in [-0.39, 0.29) is 13.2 Å². The molecule has 1 aromatic carbocycles. The van der Waals surface area contributed by atoms with Crippen molar-refractivity contribution in [2.45, 2.75) is 13.8 Å². The predicted molar refractivity (Wildman–Crippen MR) is 64.1 cm³/mol. The smallest absolute Gasteiger partial charge is 0.326 e. The Bertz CT molecular complexity index is 404. The maximum Gasteiger partial charge on any atom is 0.326 e. The SMILES string of the molecule is CCOC(=O)CN(c1ccc(C)cc1)S(=O)[O-]. The van der Waals surface area contributed by atoms with Gasteiger partial charge in [-0.2, -0.15) is 0 Å². The maximum atomic E-state index is 11.3. The van der Waals surface area contributed by atoms with E-state index in [0.717, 1.165) is 9.87 Å². The van der Waals surface area contributed by atoms with E-state index in [0.29, 0.717) is 5.69 Å². The van der Waals surface area contributed by atoms with Gasteiger partial charge in [0, 0.05) is 17.0 Å². The van der Waals surface area contributed by atoms with Gasteiger partial charge in [0.15, 0.2) is 0 Å². The van der Waals surface area contributed by atoms with Crippen molar-refractivity contribution in [1.82, 2.24) is 0 Å². The molecule has 6 heteroatoms. The fourth-order valence-corrected chi connectivity index (χ4v) is 1.77. The van der Waals surface area contributed by atoms with Crippen molar-refractivity contribution in [3.63, 3.8) is 0 Å². The van der Waals surface area contributed by atoms with Crippen molar-refractivity contribution in [2.75, 3.05) is 17.5 Å². The van der Waals surface area contributed by atoms with E-state index in [1.807, 2.05) is 6.92 Å². The summed E-state index contributed by atoms with van der Waals surface area (Å²) in [6, 6.07) is 6.84. The molecular weight excluding hydrogens is 242 g/mol. The Kier molecular flexibility index (Phi) is 5.11. The number of anilines is 1. The number of carbonyl (C=O) groups is 1. The zero-order valence-corrected chi connectivity index (χ0v) is 10.5. The van der Waals surface area contributed by atoms with E-state index < -0.39 is 17.2 Å². The van der Waals surface area contributed by atoms with Crippen molar-refractivity contribution in [1.29, 1.82) is 0 Å². The molecule has 0 spiro atoms. The average Bonchev–Trinajstić information content (AvgIpc) is 2.27. The lowest BCUT2D eigenvalue weighted by Crippen LogP contribution is -2.32. The Balaban J connectivity index is 2.82. The molecule has 0 saturated carbocycles. The lowest BCUT2D eigenvalue weighted by atomic mass is 10.2. The van der Waals surface area contributed by atoms with Gasteiger partial charge >= 0.3 is 5.97 Å². The largest absolute Gasteiger partial charge is 0.755 e. The molecule has 1 rings (SSSR count). The van der Waals surface area contributed by atoms with Crippen LogP contribution in [0.1, 0.15) is 12.5 Å². The Morgan fingerprint density at radius 2 is 2.00 bits per heavy atom. The van der Waals surface area contributed by atoms with Gasteiger partial charge in [0.2, 0.25) is 0 Å². The van der Waals surface area contributed by atoms with E-state index in [1.165, 1.54) is 0 Å². The van der Waals surface area contributed by atoms with Crippen LogP contribution in [0.3, 0.4) is 0 Å². The number of nitrogens with zero attached hydrogens (tertiary/aromatic N) is 1. The fraction of sp³-hybridized carbons (Fsp3) is 0.364. The van der Waals surface area contributed by atoms with E-state index >= 15 is 0 Å². The molecule has 0 saturated heterocycles. The minimum atomic E-state index is -2.50. The van der Waals surface area contributed by atoms with Crippen LogP contribution in [0.25, 0.3) is 0 Å². The molecule has 0 fully saturated rings. The van der Waals surface area contributed by atoms with Gasteiger partial charge in [-0.1, -0.05) is 17.7 Å². The molecule has 1 aromatic rings. The van der Waals surface area contributed by atoms with Crippen LogP contribution in [-0.4, -0.2) is 27.9 Å². The maximum absolute atomic E-state index is 11.3. The first-order valence-corrected chi connectivity index (χ1v) is 6.17. The number of aryl methyl sites for hydroxylation is 1. The summed E-state index contributed by atoms with van der Waals surface area (Å²) in [5, 5.41) is 0. The molecule has 0 aliphatic heterocycles. The van der Waals surface area contributed by atoms with Gasteiger partial charge in [0.25, 0.3) is 0 Å². The van der Waals surface area contributed by atoms with E-state index in [4.69, 9.17) is 4.74 Å². The van der Waals surface area contributed by atoms with Crippen molar-refractivity contribution in [3.8, 4) is 0 Å². The molecule has 1 atom stereocenters. The number of ether oxygens (including phenoxy) is 1. The van der Waals surface area contributed by atoms with E-state index in [9.17, 15) is 13.6 Å². The molecular formula is C11H14NO4S-. The van der Waals surface area contributed by atoms with Gasteiger partial charge in [0.1, 0.15) is 6.54 Å². The molecule has 94 valence electrons. The second-order valence-corrected chi connectivity index (χ2v) is 4.27. The highest BCUT2D eigenvalue weighted by Gasteiger charge is 2.12. The van der Waals surface area contributed by atoms with Crippen LogP contribution in [0.2, 0.25) is 0 Å². The third kappa shape index (κ3) is 4.16. The molecule has 5 nitrogen and oxygen atoms in total. The predicted octanol–water partition coefficient (Wildman–Crippen LogP) is 1.16. The Hall–Kier alpha value is -1.40. The number of hydrogen-bond donors (Lipinski definition) is 0. The molecule has 0 bridgehead atoms. The molecule has 0 heterocycles. The Morgan fingerprint density at radius 3 is 2.47 bits per heavy atom. The van der Waals surface area contributed by atoms with Crippen LogP contribution >= 0.6 is 0 Å². The summed E-state index contributed by atoms with van der Waals surface area (Å²) < 4.78 is 27.8. The summed E-state index contributed by atoms with van der Waals surface area (Å²) in [6.45, 7) is 3.48. The quantitative estimate of drug-likeness (QED) is 0.585.